The summed E-state index contributed by atoms with van der Waals surface area (Å²) in [5.41, 5.74) is 3.87. The molecule has 2 N–H and O–H groups in total. The van der Waals surface area contributed by atoms with Crippen LogP contribution in [0.3, 0.4) is 0 Å². The molecule has 0 amide bonds. The average Bonchev–Trinajstić information content (AvgIpc) is 2.95. The van der Waals surface area contributed by atoms with E-state index < -0.39 is 0 Å². The number of allylic oxidation sites excluding steroid dienone is 4. The molecule has 5 rings (SSSR count). The minimum Gasteiger partial charge on any atom is -0.490 e. The predicted molar refractivity (Wildman–Crippen MR) is 107 cm³/mol. The highest BCUT2D eigenvalue weighted by atomic mass is 16.5. The quantitative estimate of drug-likeness (QED) is 0.649. The number of amidine groups is 1. The molecule has 2 heterocycles. The summed E-state index contributed by atoms with van der Waals surface area (Å²) in [6.45, 7) is 0. The third kappa shape index (κ3) is 2.80. The number of hydrogen-bond donors (Lipinski definition) is 1. The molecule has 0 aromatic heterocycles. The van der Waals surface area contributed by atoms with Crippen molar-refractivity contribution < 1.29 is 9.33 Å². The lowest BCUT2D eigenvalue weighted by atomic mass is 9.98. The molecule has 27 heavy (non-hydrogen) atoms. The topological polar surface area (TPSA) is 60.0 Å². The Morgan fingerprint density at radius 3 is 2.56 bits per heavy atom. The van der Waals surface area contributed by atoms with Gasteiger partial charge in [0.2, 0.25) is 5.70 Å². The molecule has 1 aromatic rings. The third-order valence-corrected chi connectivity index (χ3v) is 5.59. The first-order valence-corrected chi connectivity index (χ1v) is 9.62. The molecular formula is C22H23N4O+. The molecule has 1 atom stereocenters. The number of ether oxygens (including phenoxy) is 1. The van der Waals surface area contributed by atoms with Crippen molar-refractivity contribution in [1.29, 1.82) is 0 Å². The fourth-order valence-corrected chi connectivity index (χ4v) is 4.00. The van der Waals surface area contributed by atoms with Crippen LogP contribution in [0.5, 0.6) is 5.75 Å². The van der Waals surface area contributed by atoms with E-state index in [1.54, 1.807) is 12.4 Å². The second-order valence-corrected chi connectivity index (χ2v) is 7.41. The van der Waals surface area contributed by atoms with Crippen molar-refractivity contribution in [3.63, 3.8) is 0 Å². The van der Waals surface area contributed by atoms with Crippen molar-refractivity contribution in [2.24, 2.45) is 15.8 Å². The molecule has 0 saturated heterocycles. The van der Waals surface area contributed by atoms with Crippen LogP contribution >= 0.6 is 0 Å². The van der Waals surface area contributed by atoms with Gasteiger partial charge in [-0.25, -0.2) is 0 Å². The summed E-state index contributed by atoms with van der Waals surface area (Å²) in [6, 6.07) is 8.16. The lowest BCUT2D eigenvalue weighted by Crippen LogP contribution is -2.53. The molecule has 1 fully saturated rings. The van der Waals surface area contributed by atoms with Crippen molar-refractivity contribution in [1.82, 2.24) is 0 Å². The van der Waals surface area contributed by atoms with Crippen molar-refractivity contribution in [3.8, 4) is 5.75 Å². The zero-order valence-corrected chi connectivity index (χ0v) is 15.2. The Morgan fingerprint density at radius 2 is 1.85 bits per heavy atom. The summed E-state index contributed by atoms with van der Waals surface area (Å²) in [5, 5.41) is 0. The lowest BCUT2D eigenvalue weighted by Gasteiger charge is -2.26. The van der Waals surface area contributed by atoms with Crippen LogP contribution in [-0.4, -0.2) is 22.7 Å². The highest BCUT2D eigenvalue weighted by Crippen LogP contribution is 2.36. The van der Waals surface area contributed by atoms with E-state index >= 15 is 0 Å². The van der Waals surface area contributed by atoms with E-state index in [4.69, 9.17) is 15.6 Å². The molecular weight excluding hydrogens is 336 g/mol. The maximum Gasteiger partial charge on any atom is 0.265 e. The Morgan fingerprint density at radius 1 is 1.07 bits per heavy atom. The summed E-state index contributed by atoms with van der Waals surface area (Å²) in [5.74, 6) is 8.44. The molecule has 0 radical (unpaired) electrons. The van der Waals surface area contributed by atoms with E-state index in [0.717, 1.165) is 47.0 Å². The summed E-state index contributed by atoms with van der Waals surface area (Å²) >= 11 is 0. The van der Waals surface area contributed by atoms with Crippen LogP contribution in [0.25, 0.3) is 0 Å². The standard InChI is InChI=1S/C22H23N4O/c23-26-14-13-24-15-20(26)21(16-5-4-6-16)25-22(26)17-9-11-19(12-10-17)27-18-7-2-1-3-8-18/h4-6,9-15,18H,1-3,7-8,23H2/q+1. The fraction of sp³-hybridized carbons (Fsp3) is 0.273. The van der Waals surface area contributed by atoms with E-state index in [-0.39, 0.29) is 4.59 Å². The van der Waals surface area contributed by atoms with Gasteiger partial charge in [-0.3, -0.25) is 4.99 Å². The van der Waals surface area contributed by atoms with Gasteiger partial charge >= 0.3 is 0 Å². The van der Waals surface area contributed by atoms with Gasteiger partial charge < -0.3 is 4.74 Å². The number of quaternary nitrogens is 1. The molecule has 136 valence electrons. The van der Waals surface area contributed by atoms with Crippen LogP contribution in [0, 0.1) is 0 Å². The Labute approximate surface area is 159 Å². The molecule has 2 aliphatic heterocycles. The van der Waals surface area contributed by atoms with Crippen molar-refractivity contribution >= 4 is 12.1 Å². The zero-order chi connectivity index (χ0) is 18.3. The summed E-state index contributed by atoms with van der Waals surface area (Å²) < 4.78 is 6.20. The number of benzene rings is 1. The number of nitrogens with zero attached hydrogens (tertiary/aromatic N) is 3. The largest absolute Gasteiger partial charge is 0.490 e. The second kappa shape index (κ2) is 6.44. The normalized spacial score (nSPS) is 26.6. The van der Waals surface area contributed by atoms with Gasteiger partial charge in [0.05, 0.1) is 24.1 Å². The van der Waals surface area contributed by atoms with Gasteiger partial charge in [-0.2, -0.15) is 10.8 Å². The Bertz CT molecular complexity index is 943. The lowest BCUT2D eigenvalue weighted by molar-refractivity contribution is -0.750. The molecule has 1 unspecified atom stereocenters. The van der Waals surface area contributed by atoms with Gasteiger partial charge in [0.1, 0.15) is 17.6 Å². The number of rotatable bonds is 4. The highest BCUT2D eigenvalue weighted by molar-refractivity contribution is 6.01. The molecule has 5 nitrogen and oxygen atoms in total. The van der Waals surface area contributed by atoms with E-state index in [1.807, 2.05) is 36.6 Å². The Kier molecular flexibility index (Phi) is 3.92. The van der Waals surface area contributed by atoms with E-state index in [0.29, 0.717) is 6.10 Å². The van der Waals surface area contributed by atoms with Crippen LogP contribution in [0.4, 0.5) is 0 Å². The first-order valence-electron chi connectivity index (χ1n) is 9.62. The van der Waals surface area contributed by atoms with Gasteiger partial charge in [0.25, 0.3) is 5.84 Å². The van der Waals surface area contributed by atoms with Crippen LogP contribution in [0.15, 0.2) is 81.8 Å². The van der Waals surface area contributed by atoms with Gasteiger partial charge in [-0.05, 0) is 49.9 Å². The third-order valence-electron chi connectivity index (χ3n) is 5.59. The highest BCUT2D eigenvalue weighted by Gasteiger charge is 2.44. The van der Waals surface area contributed by atoms with Crippen LogP contribution < -0.4 is 10.6 Å². The Hall–Kier alpha value is -2.76. The smallest absolute Gasteiger partial charge is 0.265 e. The van der Waals surface area contributed by atoms with E-state index in [9.17, 15) is 0 Å². The first kappa shape index (κ1) is 16.4. The SMILES string of the molecule is N[N+]12C=CN=CC1=C(C1=CC=C1)N=C2c1ccc(OC2CCCCC2)cc1. The van der Waals surface area contributed by atoms with Gasteiger partial charge in [0, 0.05) is 5.57 Å². The predicted octanol–water partition coefficient (Wildman–Crippen LogP) is 4.11. The molecule has 2 aliphatic carbocycles. The van der Waals surface area contributed by atoms with Crippen molar-refractivity contribution in [2.45, 2.75) is 38.2 Å². The van der Waals surface area contributed by atoms with Crippen LogP contribution in [0.1, 0.15) is 37.7 Å². The molecule has 4 aliphatic rings. The van der Waals surface area contributed by atoms with Gasteiger partial charge in [0.15, 0.2) is 0 Å². The minimum atomic E-state index is 0.0485. The molecule has 1 saturated carbocycles. The summed E-state index contributed by atoms with van der Waals surface area (Å²) in [7, 11) is 0. The van der Waals surface area contributed by atoms with E-state index in [1.165, 1.54) is 19.3 Å². The molecule has 5 heteroatoms. The molecule has 1 aromatic carbocycles. The van der Waals surface area contributed by atoms with Crippen LogP contribution in [-0.2, 0) is 0 Å². The monoisotopic (exact) mass is 359 g/mol. The van der Waals surface area contributed by atoms with Gasteiger partial charge in [-0.15, -0.1) is 4.59 Å². The maximum absolute atomic E-state index is 6.72. The van der Waals surface area contributed by atoms with Crippen LogP contribution in [0.2, 0.25) is 0 Å². The number of hydrogen-bond acceptors (Lipinski definition) is 4. The fourth-order valence-electron chi connectivity index (χ4n) is 4.00. The summed E-state index contributed by atoms with van der Waals surface area (Å²) in [6.07, 6.45) is 18.0. The van der Waals surface area contributed by atoms with Crippen molar-refractivity contribution in [3.05, 3.63) is 77.4 Å². The maximum atomic E-state index is 6.72. The summed E-state index contributed by atoms with van der Waals surface area (Å²) in [4.78, 5) is 9.14. The first-order chi connectivity index (χ1) is 13.2. The Balaban J connectivity index is 1.42. The average molecular weight is 359 g/mol. The van der Waals surface area contributed by atoms with Crippen molar-refractivity contribution in [2.75, 3.05) is 0 Å². The number of aliphatic imine (C=N–C) groups is 2. The number of fused-ring (bicyclic) bond motifs is 1. The molecule has 0 spiro atoms. The molecule has 0 bridgehead atoms. The minimum absolute atomic E-state index is 0.0485. The zero-order valence-electron chi connectivity index (χ0n) is 15.2. The van der Waals surface area contributed by atoms with Gasteiger partial charge in [-0.1, -0.05) is 24.6 Å². The van der Waals surface area contributed by atoms with E-state index in [2.05, 4.69) is 17.1 Å². The number of nitrogens with two attached hydrogens (primary N) is 1. The second-order valence-electron chi connectivity index (χ2n) is 7.41.